The van der Waals surface area contributed by atoms with Crippen molar-refractivity contribution < 1.29 is 9.90 Å². The van der Waals surface area contributed by atoms with Gasteiger partial charge in [0, 0.05) is 0 Å². The van der Waals surface area contributed by atoms with E-state index in [0.717, 1.165) is 0 Å². The molecule has 0 spiro atoms. The molecule has 2 aliphatic rings. The van der Waals surface area contributed by atoms with Gasteiger partial charge in [0.25, 0.3) is 0 Å². The third-order valence-corrected chi connectivity index (χ3v) is 1.90. The first-order chi connectivity index (χ1) is 6.18. The smallest absolute Gasteiger partial charge is 0.335 e. The molecule has 0 aromatic rings. The highest BCUT2D eigenvalue weighted by Gasteiger charge is 2.24. The molecule has 13 heavy (non-hydrogen) atoms. The fourth-order valence-electron chi connectivity index (χ4n) is 1.27. The van der Waals surface area contributed by atoms with E-state index in [4.69, 9.17) is 10.8 Å². The number of nitrogens with two attached hydrogens (primary N) is 1. The molecule has 0 saturated heterocycles. The lowest BCUT2D eigenvalue weighted by Gasteiger charge is -2.13. The Balaban J connectivity index is 2.42. The number of hydrogen-bond acceptors (Lipinski definition) is 4. The summed E-state index contributed by atoms with van der Waals surface area (Å²) in [4.78, 5) is 18.5. The van der Waals surface area contributed by atoms with Crippen LogP contribution in [0.1, 0.15) is 0 Å². The summed E-state index contributed by atoms with van der Waals surface area (Å²) in [5.41, 5.74) is 6.77. The Morgan fingerprint density at radius 1 is 1.62 bits per heavy atom. The Morgan fingerprint density at radius 2 is 2.38 bits per heavy atom. The van der Waals surface area contributed by atoms with Gasteiger partial charge in [-0.2, -0.15) is 0 Å². The number of rotatable bonds is 1. The Kier molecular flexibility index (Phi) is 1.51. The van der Waals surface area contributed by atoms with Crippen LogP contribution in [0.15, 0.2) is 33.4 Å². The molecule has 1 aliphatic heterocycles. The van der Waals surface area contributed by atoms with Crippen LogP contribution in [0.4, 0.5) is 0 Å². The van der Waals surface area contributed by atoms with Crippen LogP contribution in [0.2, 0.25) is 0 Å². The van der Waals surface area contributed by atoms with Gasteiger partial charge in [0.05, 0.1) is 17.0 Å². The van der Waals surface area contributed by atoms with Gasteiger partial charge in [0.2, 0.25) is 0 Å². The van der Waals surface area contributed by atoms with E-state index < -0.39 is 5.97 Å². The van der Waals surface area contributed by atoms with Gasteiger partial charge in [0.1, 0.15) is 12.4 Å². The standard InChI is InChI=1S/C8H7N3O2/c9-5-1-4(8(12)13)2-6-7(5)11-3-10-6/h1-3,6H,9H2,(H,12,13)/t6-/m0/s1. The maximum absolute atomic E-state index is 10.6. The van der Waals surface area contributed by atoms with Gasteiger partial charge in [0.15, 0.2) is 0 Å². The molecule has 0 unspecified atom stereocenters. The molecule has 0 bridgehead atoms. The summed E-state index contributed by atoms with van der Waals surface area (Å²) in [6.45, 7) is 0. The molecule has 1 atom stereocenters. The summed E-state index contributed by atoms with van der Waals surface area (Å²) >= 11 is 0. The monoisotopic (exact) mass is 177 g/mol. The maximum atomic E-state index is 10.6. The average Bonchev–Trinajstić information content (AvgIpc) is 2.51. The number of nitrogens with zero attached hydrogens (tertiary/aromatic N) is 2. The topological polar surface area (TPSA) is 88.0 Å². The van der Waals surface area contributed by atoms with Crippen LogP contribution in [0.25, 0.3) is 0 Å². The van der Waals surface area contributed by atoms with E-state index in [0.29, 0.717) is 11.4 Å². The summed E-state index contributed by atoms with van der Waals surface area (Å²) in [7, 11) is 0. The number of aliphatic carboxylic acids is 1. The molecule has 1 heterocycles. The van der Waals surface area contributed by atoms with Crippen LogP contribution in [-0.2, 0) is 4.79 Å². The summed E-state index contributed by atoms with van der Waals surface area (Å²) in [6.07, 6.45) is 4.31. The number of carboxylic acids is 1. The number of carboxylic acid groups (broad SMARTS) is 1. The molecule has 0 radical (unpaired) electrons. The summed E-state index contributed by atoms with van der Waals surface area (Å²) in [6, 6.07) is -0.309. The first-order valence-corrected chi connectivity index (χ1v) is 3.70. The van der Waals surface area contributed by atoms with Gasteiger partial charge < -0.3 is 10.8 Å². The second-order valence-corrected chi connectivity index (χ2v) is 2.75. The van der Waals surface area contributed by atoms with E-state index in [1.54, 1.807) is 0 Å². The number of aliphatic imine (C=N–C) groups is 2. The van der Waals surface area contributed by atoms with Crippen LogP contribution >= 0.6 is 0 Å². The molecule has 2 rings (SSSR count). The highest BCUT2D eigenvalue weighted by Crippen LogP contribution is 2.17. The van der Waals surface area contributed by atoms with E-state index in [-0.39, 0.29) is 11.6 Å². The van der Waals surface area contributed by atoms with Crippen molar-refractivity contribution in [3.63, 3.8) is 0 Å². The minimum Gasteiger partial charge on any atom is -0.478 e. The first kappa shape index (κ1) is 7.72. The minimum absolute atomic E-state index is 0.167. The second-order valence-electron chi connectivity index (χ2n) is 2.75. The zero-order chi connectivity index (χ0) is 9.42. The zero-order valence-electron chi connectivity index (χ0n) is 6.64. The van der Waals surface area contributed by atoms with Crippen molar-refractivity contribution in [1.82, 2.24) is 0 Å². The number of hydrogen-bond donors (Lipinski definition) is 2. The number of carbonyl (C=O) groups is 1. The van der Waals surface area contributed by atoms with Gasteiger partial charge in [-0.3, -0.25) is 4.99 Å². The Bertz CT molecular complexity index is 390. The van der Waals surface area contributed by atoms with Crippen LogP contribution in [0, 0.1) is 0 Å². The van der Waals surface area contributed by atoms with Gasteiger partial charge in [-0.1, -0.05) is 0 Å². The molecule has 0 amide bonds. The van der Waals surface area contributed by atoms with Crippen molar-refractivity contribution >= 4 is 18.0 Å². The van der Waals surface area contributed by atoms with Gasteiger partial charge in [-0.05, 0) is 12.2 Å². The number of fused-ring (bicyclic) bond motifs is 1. The molecule has 0 aromatic heterocycles. The lowest BCUT2D eigenvalue weighted by atomic mass is 9.99. The van der Waals surface area contributed by atoms with Crippen molar-refractivity contribution in [3.8, 4) is 0 Å². The molecule has 0 saturated carbocycles. The highest BCUT2D eigenvalue weighted by molar-refractivity contribution is 6.13. The Morgan fingerprint density at radius 3 is 3.08 bits per heavy atom. The fraction of sp³-hybridized carbons (Fsp3) is 0.125. The van der Waals surface area contributed by atoms with E-state index in [9.17, 15) is 4.79 Å². The Hall–Kier alpha value is -1.91. The SMILES string of the molecule is NC1=CC(C(=O)O)=C[C@@H]2N=CN=C12. The summed E-state index contributed by atoms with van der Waals surface area (Å²) in [5, 5.41) is 8.72. The molecular formula is C8H7N3O2. The lowest BCUT2D eigenvalue weighted by molar-refractivity contribution is -0.132. The Labute approximate surface area is 74.0 Å². The van der Waals surface area contributed by atoms with Gasteiger partial charge in [-0.15, -0.1) is 0 Å². The molecule has 66 valence electrons. The maximum Gasteiger partial charge on any atom is 0.335 e. The molecule has 0 aromatic carbocycles. The van der Waals surface area contributed by atoms with Crippen molar-refractivity contribution in [1.29, 1.82) is 0 Å². The van der Waals surface area contributed by atoms with E-state index in [1.165, 1.54) is 18.5 Å². The van der Waals surface area contributed by atoms with Crippen molar-refractivity contribution in [3.05, 3.63) is 23.4 Å². The van der Waals surface area contributed by atoms with E-state index in [2.05, 4.69) is 9.98 Å². The normalized spacial score (nSPS) is 24.6. The molecule has 5 nitrogen and oxygen atoms in total. The van der Waals surface area contributed by atoms with Gasteiger partial charge >= 0.3 is 5.97 Å². The van der Waals surface area contributed by atoms with Crippen molar-refractivity contribution in [2.24, 2.45) is 15.7 Å². The molecule has 1 aliphatic carbocycles. The second kappa shape index (κ2) is 2.55. The molecular weight excluding hydrogens is 170 g/mol. The third kappa shape index (κ3) is 1.14. The molecule has 3 N–H and O–H groups in total. The van der Waals surface area contributed by atoms with Crippen LogP contribution in [-0.4, -0.2) is 29.2 Å². The predicted octanol–water partition coefficient (Wildman–Crippen LogP) is -0.295. The van der Waals surface area contributed by atoms with Gasteiger partial charge in [-0.25, -0.2) is 9.79 Å². The zero-order valence-corrected chi connectivity index (χ0v) is 6.64. The van der Waals surface area contributed by atoms with Crippen molar-refractivity contribution in [2.45, 2.75) is 6.04 Å². The average molecular weight is 177 g/mol. The van der Waals surface area contributed by atoms with Crippen LogP contribution in [0.5, 0.6) is 0 Å². The molecule has 0 fully saturated rings. The van der Waals surface area contributed by atoms with E-state index >= 15 is 0 Å². The summed E-state index contributed by atoms with van der Waals surface area (Å²) < 4.78 is 0. The minimum atomic E-state index is -0.996. The quantitative estimate of drug-likeness (QED) is 0.576. The first-order valence-electron chi connectivity index (χ1n) is 3.70. The molecule has 5 heteroatoms. The summed E-state index contributed by atoms with van der Waals surface area (Å²) in [5.74, 6) is -0.996. The third-order valence-electron chi connectivity index (χ3n) is 1.90. The van der Waals surface area contributed by atoms with E-state index in [1.807, 2.05) is 0 Å². The predicted molar refractivity (Wildman–Crippen MR) is 47.7 cm³/mol. The largest absolute Gasteiger partial charge is 0.478 e. The lowest BCUT2D eigenvalue weighted by Crippen LogP contribution is -2.25. The van der Waals surface area contributed by atoms with Crippen LogP contribution in [0.3, 0.4) is 0 Å². The van der Waals surface area contributed by atoms with Crippen LogP contribution < -0.4 is 5.73 Å². The highest BCUT2D eigenvalue weighted by atomic mass is 16.4. The van der Waals surface area contributed by atoms with Crippen molar-refractivity contribution in [2.75, 3.05) is 0 Å². The fourth-order valence-corrected chi connectivity index (χ4v) is 1.27.